The minimum Gasteiger partial charge on any atom is -0.494 e. The first-order valence-corrected chi connectivity index (χ1v) is 14.9. The fourth-order valence-corrected chi connectivity index (χ4v) is 5.40. The van der Waals surface area contributed by atoms with Gasteiger partial charge >= 0.3 is 0 Å². The van der Waals surface area contributed by atoms with E-state index in [2.05, 4.69) is 24.9 Å². The number of ether oxygens (including phenoxy) is 2. The molecule has 222 valence electrons. The maximum absolute atomic E-state index is 15.4. The van der Waals surface area contributed by atoms with E-state index in [4.69, 9.17) is 15.2 Å². The number of aromatic amines is 1. The summed E-state index contributed by atoms with van der Waals surface area (Å²) in [6.45, 7) is 4.88. The van der Waals surface area contributed by atoms with E-state index in [0.717, 1.165) is 29.7 Å². The van der Waals surface area contributed by atoms with E-state index in [1.807, 2.05) is 32.0 Å². The van der Waals surface area contributed by atoms with Gasteiger partial charge in [-0.05, 0) is 50.1 Å². The molecule has 10 nitrogen and oxygen atoms in total. The average molecular weight is 599 g/mol. The molecule has 0 bridgehead atoms. The number of anilines is 2. The Morgan fingerprint density at radius 3 is 2.45 bits per heavy atom. The summed E-state index contributed by atoms with van der Waals surface area (Å²) in [6, 6.07) is 13.1. The molecule has 0 saturated carbocycles. The van der Waals surface area contributed by atoms with Crippen LogP contribution in [0.5, 0.6) is 5.75 Å². The summed E-state index contributed by atoms with van der Waals surface area (Å²) in [4.78, 5) is 9.17. The summed E-state index contributed by atoms with van der Waals surface area (Å²) in [5.41, 5.74) is 8.55. The Balaban J connectivity index is 0.000000748. The first kappa shape index (κ1) is 30.6. The van der Waals surface area contributed by atoms with Crippen LogP contribution in [-0.4, -0.2) is 61.3 Å². The smallest absolute Gasteiger partial charge is 0.232 e. The van der Waals surface area contributed by atoms with Crippen molar-refractivity contribution in [2.75, 3.05) is 43.2 Å². The SMILES string of the molecule is CCOCC.COc1cc(-c2cccc(NS(=O)(=O)CCCF)c2F)cc2c(N)nc(-c3cccc4[nH]ncc34)nc12. The number of nitrogens with one attached hydrogen (secondary N) is 2. The van der Waals surface area contributed by atoms with E-state index in [9.17, 15) is 12.8 Å². The number of H-pyrrole nitrogens is 1. The summed E-state index contributed by atoms with van der Waals surface area (Å²) < 4.78 is 64.8. The van der Waals surface area contributed by atoms with Gasteiger partial charge in [-0.15, -0.1) is 0 Å². The van der Waals surface area contributed by atoms with Crippen LogP contribution in [0.3, 0.4) is 0 Å². The Hall–Kier alpha value is -4.36. The third-order valence-electron chi connectivity index (χ3n) is 6.27. The molecule has 0 aliphatic heterocycles. The molecule has 5 rings (SSSR count). The van der Waals surface area contributed by atoms with Gasteiger partial charge in [-0.3, -0.25) is 14.2 Å². The molecule has 0 fully saturated rings. The van der Waals surface area contributed by atoms with Gasteiger partial charge in [0.2, 0.25) is 10.0 Å². The normalized spacial score (nSPS) is 11.4. The van der Waals surface area contributed by atoms with Crippen molar-refractivity contribution < 1.29 is 26.7 Å². The molecule has 0 atom stereocenters. The van der Waals surface area contributed by atoms with E-state index in [1.165, 1.54) is 25.3 Å². The van der Waals surface area contributed by atoms with Crippen molar-refractivity contribution in [1.82, 2.24) is 20.2 Å². The van der Waals surface area contributed by atoms with E-state index in [1.54, 1.807) is 18.3 Å². The van der Waals surface area contributed by atoms with Crippen molar-refractivity contribution in [3.8, 4) is 28.3 Å². The molecule has 2 aromatic heterocycles. The number of benzene rings is 3. The van der Waals surface area contributed by atoms with Crippen LogP contribution in [0.15, 0.2) is 54.7 Å². The van der Waals surface area contributed by atoms with Gasteiger partial charge in [-0.1, -0.05) is 24.3 Å². The molecule has 0 spiro atoms. The number of hydrogen-bond acceptors (Lipinski definition) is 8. The summed E-state index contributed by atoms with van der Waals surface area (Å²) in [6.07, 6.45) is 1.49. The molecule has 0 unspecified atom stereocenters. The number of nitrogen functional groups attached to an aromatic ring is 1. The second kappa shape index (κ2) is 13.5. The van der Waals surface area contributed by atoms with Gasteiger partial charge in [-0.2, -0.15) is 5.10 Å². The van der Waals surface area contributed by atoms with Crippen molar-refractivity contribution >= 4 is 43.3 Å². The highest BCUT2D eigenvalue weighted by Crippen LogP contribution is 2.37. The molecule has 13 heteroatoms. The van der Waals surface area contributed by atoms with Crippen LogP contribution in [0.1, 0.15) is 20.3 Å². The monoisotopic (exact) mass is 598 g/mol. The standard InChI is InChI=1S/C25H22F2N6O3S.C4H10O/c1-36-21-12-14(15-5-2-8-20(22(15)27)33-37(34,35)10-4-9-26)11-17-23(21)30-25(31-24(17)28)16-6-3-7-19-18(16)13-29-32-19;1-3-5-4-2/h2-3,5-8,11-13,33H,4,9-10H2,1H3,(H,29,32)(H2,28,30,31);3-4H2,1-2H3. The molecule has 0 aliphatic rings. The van der Waals surface area contributed by atoms with E-state index < -0.39 is 28.3 Å². The Morgan fingerprint density at radius 2 is 1.76 bits per heavy atom. The first-order chi connectivity index (χ1) is 20.2. The van der Waals surface area contributed by atoms with Crippen molar-refractivity contribution in [1.29, 1.82) is 0 Å². The molecule has 4 N–H and O–H groups in total. The zero-order valence-electron chi connectivity index (χ0n) is 23.4. The second-order valence-corrected chi connectivity index (χ2v) is 10.9. The second-order valence-electron chi connectivity index (χ2n) is 9.06. The number of rotatable bonds is 10. The Kier molecular flexibility index (Phi) is 9.86. The van der Waals surface area contributed by atoms with Crippen LogP contribution in [0.2, 0.25) is 0 Å². The van der Waals surface area contributed by atoms with Gasteiger partial charge in [0.1, 0.15) is 17.1 Å². The highest BCUT2D eigenvalue weighted by Gasteiger charge is 2.19. The number of alkyl halides is 1. The molecular weight excluding hydrogens is 566 g/mol. The number of nitrogens with two attached hydrogens (primary N) is 1. The molecule has 0 aliphatic carbocycles. The maximum atomic E-state index is 15.4. The minimum atomic E-state index is -3.92. The van der Waals surface area contributed by atoms with Gasteiger partial charge in [0.15, 0.2) is 11.6 Å². The Bertz CT molecular complexity index is 1790. The van der Waals surface area contributed by atoms with Crippen molar-refractivity contribution in [2.45, 2.75) is 20.3 Å². The maximum Gasteiger partial charge on any atom is 0.232 e. The number of halogens is 2. The van der Waals surface area contributed by atoms with E-state index in [-0.39, 0.29) is 23.5 Å². The van der Waals surface area contributed by atoms with Crippen molar-refractivity contribution in [2.24, 2.45) is 0 Å². The molecule has 2 heterocycles. The fraction of sp³-hybridized carbons (Fsp3) is 0.276. The van der Waals surface area contributed by atoms with Crippen molar-refractivity contribution in [3.63, 3.8) is 0 Å². The summed E-state index contributed by atoms with van der Waals surface area (Å²) in [5.74, 6) is -0.395. The molecule has 5 aromatic rings. The first-order valence-electron chi connectivity index (χ1n) is 13.2. The molecule has 0 saturated heterocycles. The summed E-state index contributed by atoms with van der Waals surface area (Å²) in [5, 5.41) is 8.24. The highest BCUT2D eigenvalue weighted by atomic mass is 32.2. The van der Waals surface area contributed by atoms with Gasteiger partial charge in [0.25, 0.3) is 0 Å². The minimum absolute atomic E-state index is 0.109. The van der Waals surface area contributed by atoms with Gasteiger partial charge in [0, 0.05) is 35.1 Å². The van der Waals surface area contributed by atoms with Gasteiger partial charge in [-0.25, -0.2) is 22.8 Å². The topological polar surface area (TPSA) is 145 Å². The van der Waals surface area contributed by atoms with E-state index >= 15 is 4.39 Å². The third-order valence-corrected chi connectivity index (χ3v) is 7.63. The van der Waals surface area contributed by atoms with Crippen LogP contribution in [0.25, 0.3) is 44.3 Å². The average Bonchev–Trinajstić information content (AvgIpc) is 3.47. The molecule has 42 heavy (non-hydrogen) atoms. The van der Waals surface area contributed by atoms with Crippen LogP contribution in [0, 0.1) is 5.82 Å². The van der Waals surface area contributed by atoms with Crippen LogP contribution >= 0.6 is 0 Å². The summed E-state index contributed by atoms with van der Waals surface area (Å²) in [7, 11) is -2.46. The lowest BCUT2D eigenvalue weighted by Crippen LogP contribution is -2.18. The van der Waals surface area contributed by atoms with Gasteiger partial charge < -0.3 is 15.2 Å². The zero-order valence-corrected chi connectivity index (χ0v) is 24.3. The number of hydrogen-bond donors (Lipinski definition) is 3. The predicted molar refractivity (Wildman–Crippen MR) is 161 cm³/mol. The Morgan fingerprint density at radius 1 is 1.02 bits per heavy atom. The molecule has 3 aromatic carbocycles. The predicted octanol–water partition coefficient (Wildman–Crippen LogP) is 5.71. The lowest BCUT2D eigenvalue weighted by atomic mass is 10.0. The lowest BCUT2D eigenvalue weighted by molar-refractivity contribution is 0.162. The number of nitrogens with zero attached hydrogens (tertiary/aromatic N) is 3. The number of aromatic nitrogens is 4. The number of fused-ring (bicyclic) bond motifs is 2. The summed E-state index contributed by atoms with van der Waals surface area (Å²) >= 11 is 0. The zero-order chi connectivity index (χ0) is 30.3. The molecule has 0 amide bonds. The van der Waals surface area contributed by atoms with Crippen LogP contribution in [-0.2, 0) is 14.8 Å². The third kappa shape index (κ3) is 6.74. The van der Waals surface area contributed by atoms with Gasteiger partial charge in [0.05, 0.1) is 36.9 Å². The molecule has 0 radical (unpaired) electrons. The Labute approximate surface area is 242 Å². The lowest BCUT2D eigenvalue weighted by Gasteiger charge is -2.14. The highest BCUT2D eigenvalue weighted by molar-refractivity contribution is 7.92. The van der Waals surface area contributed by atoms with Crippen LogP contribution < -0.4 is 15.2 Å². The fourth-order valence-electron chi connectivity index (χ4n) is 4.32. The number of sulfonamides is 1. The quantitative estimate of drug-likeness (QED) is 0.185. The number of methoxy groups -OCH3 is 1. The van der Waals surface area contributed by atoms with E-state index in [0.29, 0.717) is 28.0 Å². The van der Waals surface area contributed by atoms with Crippen LogP contribution in [0.4, 0.5) is 20.3 Å². The van der Waals surface area contributed by atoms with Crippen molar-refractivity contribution in [3.05, 3.63) is 60.5 Å². The largest absolute Gasteiger partial charge is 0.494 e. The molecular formula is C29H32F2N6O4S.